The van der Waals surface area contributed by atoms with Crippen LogP contribution in [-0.2, 0) is 4.79 Å². The topological polar surface area (TPSA) is 63.9 Å². The first-order valence-corrected chi connectivity index (χ1v) is 11.7. The minimum absolute atomic E-state index is 0.0216. The smallest absolute Gasteiger partial charge is 0.247 e. The minimum Gasteiger partial charge on any atom is -0.332 e. The molecule has 1 aliphatic rings. The number of para-hydroxylation sites is 1. The fraction of sp³-hybridized carbons (Fsp3) is 0.214. The van der Waals surface area contributed by atoms with Crippen molar-refractivity contribution in [3.63, 3.8) is 0 Å². The summed E-state index contributed by atoms with van der Waals surface area (Å²) in [7, 11) is 0. The molecule has 1 unspecified atom stereocenters. The summed E-state index contributed by atoms with van der Waals surface area (Å²) in [6, 6.07) is 18.0. The maximum Gasteiger partial charge on any atom is 0.247 e. The Bertz CT molecular complexity index is 1250. The first-order valence-electron chi connectivity index (χ1n) is 11.7. The molecule has 34 heavy (non-hydrogen) atoms. The number of hydrogen-bond donors (Lipinski definition) is 0. The van der Waals surface area contributed by atoms with Gasteiger partial charge in [0.25, 0.3) is 0 Å². The molecule has 1 aromatic carbocycles. The van der Waals surface area contributed by atoms with E-state index in [0.717, 1.165) is 60.3 Å². The maximum atomic E-state index is 13.4. The summed E-state index contributed by atoms with van der Waals surface area (Å²) in [5.74, 6) is 0.0216. The number of nitrogens with zero attached hydrogens (tertiary/aromatic N) is 5. The van der Waals surface area contributed by atoms with Gasteiger partial charge in [0.2, 0.25) is 5.91 Å². The molecule has 3 aromatic heterocycles. The van der Waals surface area contributed by atoms with Gasteiger partial charge in [-0.1, -0.05) is 31.0 Å². The second kappa shape index (κ2) is 10.3. The maximum absolute atomic E-state index is 13.4. The third kappa shape index (κ3) is 4.81. The van der Waals surface area contributed by atoms with Crippen LogP contribution in [0.2, 0.25) is 0 Å². The van der Waals surface area contributed by atoms with Gasteiger partial charge in [-0.25, -0.2) is 4.68 Å². The van der Waals surface area contributed by atoms with Crippen molar-refractivity contribution in [2.24, 2.45) is 0 Å². The minimum atomic E-state index is 0.0216. The molecule has 0 saturated carbocycles. The Balaban J connectivity index is 1.46. The standard InChI is InChI=1S/C28H27N5O/c34-27(32-19-6-2-5-11-26(32)22-14-17-29-18-15-22)13-12-24-21-33(25-9-3-1-4-10-25)31-28(24)23-8-7-16-30-20-23/h1,3-4,7-10,12-18,20-21,26H,2,5-6,11,19H2/b13-12+. The second-order valence-electron chi connectivity index (χ2n) is 8.47. The Morgan fingerprint density at radius 2 is 1.76 bits per heavy atom. The van der Waals surface area contributed by atoms with E-state index < -0.39 is 0 Å². The van der Waals surface area contributed by atoms with Crippen molar-refractivity contribution in [1.29, 1.82) is 0 Å². The van der Waals surface area contributed by atoms with Gasteiger partial charge in [-0.2, -0.15) is 5.10 Å². The Morgan fingerprint density at radius 1 is 0.912 bits per heavy atom. The van der Waals surface area contributed by atoms with Crippen LogP contribution in [0.1, 0.15) is 42.9 Å². The zero-order valence-electron chi connectivity index (χ0n) is 19.0. The van der Waals surface area contributed by atoms with Gasteiger partial charge in [0, 0.05) is 54.7 Å². The molecular weight excluding hydrogens is 422 g/mol. The van der Waals surface area contributed by atoms with Crippen LogP contribution in [0.25, 0.3) is 23.0 Å². The van der Waals surface area contributed by atoms with Crippen molar-refractivity contribution in [3.05, 3.63) is 103 Å². The molecule has 6 heteroatoms. The summed E-state index contributed by atoms with van der Waals surface area (Å²) in [5.41, 5.74) is 4.69. The average molecular weight is 450 g/mol. The SMILES string of the molecule is O=C(/C=C/c1cn(-c2ccccc2)nc1-c1cccnc1)N1CCCCCC1c1ccncc1. The van der Waals surface area contributed by atoms with Gasteiger partial charge in [0.05, 0.1) is 11.7 Å². The van der Waals surface area contributed by atoms with Crippen LogP contribution in [0.5, 0.6) is 0 Å². The zero-order valence-corrected chi connectivity index (χ0v) is 19.0. The zero-order chi connectivity index (χ0) is 23.2. The first-order chi connectivity index (χ1) is 16.8. The van der Waals surface area contributed by atoms with E-state index in [1.54, 1.807) is 30.9 Å². The Morgan fingerprint density at radius 3 is 2.56 bits per heavy atom. The lowest BCUT2D eigenvalue weighted by atomic mass is 10.0. The van der Waals surface area contributed by atoms with Crippen LogP contribution in [0.4, 0.5) is 0 Å². The Kier molecular flexibility index (Phi) is 6.56. The number of rotatable bonds is 5. The molecule has 1 aliphatic heterocycles. The molecular formula is C28H27N5O. The van der Waals surface area contributed by atoms with Gasteiger partial charge in [-0.15, -0.1) is 0 Å². The van der Waals surface area contributed by atoms with E-state index in [4.69, 9.17) is 5.10 Å². The molecule has 1 amide bonds. The third-order valence-corrected chi connectivity index (χ3v) is 6.23. The number of likely N-dealkylation sites (tertiary alicyclic amines) is 1. The van der Waals surface area contributed by atoms with Gasteiger partial charge in [-0.05, 0) is 60.9 Å². The highest BCUT2D eigenvalue weighted by molar-refractivity contribution is 5.93. The molecule has 1 fully saturated rings. The highest BCUT2D eigenvalue weighted by atomic mass is 16.2. The summed E-state index contributed by atoms with van der Waals surface area (Å²) < 4.78 is 1.85. The molecule has 0 N–H and O–H groups in total. The van der Waals surface area contributed by atoms with Crippen molar-refractivity contribution in [3.8, 4) is 16.9 Å². The van der Waals surface area contributed by atoms with Crippen molar-refractivity contribution in [2.75, 3.05) is 6.54 Å². The van der Waals surface area contributed by atoms with Crippen LogP contribution in [0, 0.1) is 0 Å². The fourth-order valence-electron chi connectivity index (χ4n) is 4.51. The van der Waals surface area contributed by atoms with Gasteiger partial charge in [-0.3, -0.25) is 14.8 Å². The molecule has 0 aliphatic carbocycles. The largest absolute Gasteiger partial charge is 0.332 e. The molecule has 0 bridgehead atoms. The lowest BCUT2D eigenvalue weighted by Gasteiger charge is -2.29. The average Bonchev–Trinajstić information content (AvgIpc) is 3.18. The number of pyridine rings is 2. The summed E-state index contributed by atoms with van der Waals surface area (Å²) in [6.07, 6.45) is 16.9. The van der Waals surface area contributed by atoms with Crippen LogP contribution in [0.3, 0.4) is 0 Å². The van der Waals surface area contributed by atoms with Crippen LogP contribution in [-0.4, -0.2) is 37.1 Å². The van der Waals surface area contributed by atoms with E-state index in [1.165, 1.54) is 0 Å². The predicted molar refractivity (Wildman–Crippen MR) is 133 cm³/mol. The molecule has 4 heterocycles. The molecule has 1 atom stereocenters. The number of aromatic nitrogens is 4. The number of benzene rings is 1. The van der Waals surface area contributed by atoms with E-state index in [2.05, 4.69) is 9.97 Å². The molecule has 0 radical (unpaired) electrons. The van der Waals surface area contributed by atoms with Crippen molar-refractivity contribution >= 4 is 12.0 Å². The van der Waals surface area contributed by atoms with Crippen molar-refractivity contribution < 1.29 is 4.79 Å². The quantitative estimate of drug-likeness (QED) is 0.378. The highest BCUT2D eigenvalue weighted by Crippen LogP contribution is 2.30. The number of amides is 1. The first kappa shape index (κ1) is 21.8. The molecule has 170 valence electrons. The van der Waals surface area contributed by atoms with Crippen LogP contribution < -0.4 is 0 Å². The van der Waals surface area contributed by atoms with Gasteiger partial charge >= 0.3 is 0 Å². The van der Waals surface area contributed by atoms with E-state index in [0.29, 0.717) is 0 Å². The monoisotopic (exact) mass is 449 g/mol. The van der Waals surface area contributed by atoms with E-state index >= 15 is 0 Å². The summed E-state index contributed by atoms with van der Waals surface area (Å²) in [4.78, 5) is 23.8. The summed E-state index contributed by atoms with van der Waals surface area (Å²) >= 11 is 0. The van der Waals surface area contributed by atoms with Gasteiger partial charge in [0.1, 0.15) is 5.69 Å². The highest BCUT2D eigenvalue weighted by Gasteiger charge is 2.25. The fourth-order valence-corrected chi connectivity index (χ4v) is 4.51. The molecule has 6 nitrogen and oxygen atoms in total. The van der Waals surface area contributed by atoms with Crippen LogP contribution >= 0.6 is 0 Å². The summed E-state index contributed by atoms with van der Waals surface area (Å²) in [6.45, 7) is 0.759. The van der Waals surface area contributed by atoms with E-state index in [-0.39, 0.29) is 11.9 Å². The third-order valence-electron chi connectivity index (χ3n) is 6.23. The number of carbonyl (C=O) groups excluding carboxylic acids is 1. The molecule has 4 aromatic rings. The molecule has 5 rings (SSSR count). The lowest BCUT2D eigenvalue weighted by molar-refractivity contribution is -0.128. The predicted octanol–water partition coefficient (Wildman–Crippen LogP) is 5.49. The summed E-state index contributed by atoms with van der Waals surface area (Å²) in [5, 5.41) is 4.81. The van der Waals surface area contributed by atoms with E-state index in [9.17, 15) is 4.79 Å². The van der Waals surface area contributed by atoms with Crippen molar-refractivity contribution in [1.82, 2.24) is 24.6 Å². The normalized spacial score (nSPS) is 16.5. The van der Waals surface area contributed by atoms with Gasteiger partial charge < -0.3 is 4.90 Å². The number of carbonyl (C=O) groups is 1. The Labute approximate surface area is 199 Å². The molecule has 1 saturated heterocycles. The second-order valence-corrected chi connectivity index (χ2v) is 8.47. The van der Waals surface area contributed by atoms with Crippen molar-refractivity contribution in [2.45, 2.75) is 31.7 Å². The molecule has 0 spiro atoms. The lowest BCUT2D eigenvalue weighted by Crippen LogP contribution is -2.33. The Hall–Kier alpha value is -4.06. The number of hydrogen-bond acceptors (Lipinski definition) is 4. The van der Waals surface area contributed by atoms with Crippen LogP contribution in [0.15, 0.2) is 91.7 Å². The van der Waals surface area contributed by atoms with Gasteiger partial charge in [0.15, 0.2) is 0 Å². The van der Waals surface area contributed by atoms with E-state index in [1.807, 2.05) is 76.5 Å².